The third-order valence-corrected chi connectivity index (χ3v) is 8.02. The number of rotatable bonds is 15. The Balaban J connectivity index is 1.94. The van der Waals surface area contributed by atoms with Crippen molar-refractivity contribution in [1.82, 2.24) is 10.6 Å². The molecular weight excluding hydrogens is 660 g/mol. The van der Waals surface area contributed by atoms with Gasteiger partial charge >= 0.3 is 0 Å². The van der Waals surface area contributed by atoms with E-state index in [0.717, 1.165) is 6.92 Å². The molecule has 3 rings (SSSR count). The van der Waals surface area contributed by atoms with Crippen molar-refractivity contribution >= 4 is 11.8 Å². The molecule has 0 aromatic carbocycles. The molecule has 3 aliphatic heterocycles. The van der Waals surface area contributed by atoms with Crippen LogP contribution in [0.25, 0.3) is 0 Å². The highest BCUT2D eigenvalue weighted by Gasteiger charge is 2.49. The smallest absolute Gasteiger partial charge is 0.240 e. The summed E-state index contributed by atoms with van der Waals surface area (Å²) in [4.78, 5) is 24.5. The Morgan fingerprint density at radius 3 is 1.15 bits per heavy atom. The van der Waals surface area contributed by atoms with Gasteiger partial charge in [0.15, 0.2) is 18.9 Å². The number of ether oxygens (including phenoxy) is 6. The lowest BCUT2D eigenvalue weighted by atomic mass is 9.98. The summed E-state index contributed by atoms with van der Waals surface area (Å²) < 4.78 is 33.0. The summed E-state index contributed by atoms with van der Waals surface area (Å²) in [5.41, 5.74) is -2.08. The fraction of sp³-hybridized carbons (Fsp3) is 0.923. The largest absolute Gasteiger partial charge is 0.394 e. The van der Waals surface area contributed by atoms with Crippen molar-refractivity contribution in [3.8, 4) is 0 Å². The molecule has 22 nitrogen and oxygen atoms in total. The fourth-order valence-electron chi connectivity index (χ4n) is 5.12. The van der Waals surface area contributed by atoms with Gasteiger partial charge in [0.1, 0.15) is 78.8 Å². The molecule has 0 aromatic rings. The van der Waals surface area contributed by atoms with Gasteiger partial charge in [-0.1, -0.05) is 0 Å². The Kier molecular flexibility index (Phi) is 15.2. The van der Waals surface area contributed by atoms with Crippen LogP contribution in [-0.4, -0.2) is 217 Å². The van der Waals surface area contributed by atoms with Crippen LogP contribution in [0, 0.1) is 0 Å². The first-order valence-corrected chi connectivity index (χ1v) is 14.9. The molecule has 9 unspecified atom stereocenters. The SMILES string of the molecule is CC(=O)NCC(=O)NC(CO[C@@H]1OC(CO)[C@H](O)C(O)C1O)(CO[C@@H]1OC(CO)[C@H](O)C(O)C1O)CO[C@@H]1OC(CO)[C@H](O)C(O)C1O. The molecule has 0 aliphatic carbocycles. The van der Waals surface area contributed by atoms with E-state index in [4.69, 9.17) is 28.4 Å². The van der Waals surface area contributed by atoms with E-state index in [0.29, 0.717) is 0 Å². The maximum atomic E-state index is 13.0. The Labute approximate surface area is 272 Å². The zero-order valence-corrected chi connectivity index (χ0v) is 25.7. The highest BCUT2D eigenvalue weighted by molar-refractivity contribution is 5.84. The maximum Gasteiger partial charge on any atom is 0.240 e. The van der Waals surface area contributed by atoms with Crippen LogP contribution < -0.4 is 10.6 Å². The second-order valence-electron chi connectivity index (χ2n) is 11.8. The van der Waals surface area contributed by atoms with Gasteiger partial charge in [0.2, 0.25) is 11.8 Å². The van der Waals surface area contributed by atoms with E-state index in [1.165, 1.54) is 0 Å². The van der Waals surface area contributed by atoms with Gasteiger partial charge in [0.05, 0.1) is 46.2 Å². The van der Waals surface area contributed by atoms with Gasteiger partial charge in [0, 0.05) is 6.92 Å². The van der Waals surface area contributed by atoms with E-state index < -0.39 is 156 Å². The van der Waals surface area contributed by atoms with Crippen LogP contribution >= 0.6 is 0 Å². The minimum atomic E-state index is -2.08. The number of aliphatic hydroxyl groups excluding tert-OH is 12. The van der Waals surface area contributed by atoms with Crippen LogP contribution in [-0.2, 0) is 38.0 Å². The number of carbonyl (C=O) groups excluding carboxylic acids is 2. The fourth-order valence-corrected chi connectivity index (χ4v) is 5.12. The molecule has 0 saturated carbocycles. The quantitative estimate of drug-likeness (QED) is 0.0751. The monoisotopic (exact) mass is 706 g/mol. The number of aliphatic hydroxyl groups is 12. The van der Waals surface area contributed by atoms with Crippen LogP contribution in [0.15, 0.2) is 0 Å². The van der Waals surface area contributed by atoms with E-state index >= 15 is 0 Å². The van der Waals surface area contributed by atoms with E-state index in [2.05, 4.69) is 10.6 Å². The van der Waals surface area contributed by atoms with Gasteiger partial charge in [-0.05, 0) is 0 Å². The highest BCUT2D eigenvalue weighted by Crippen LogP contribution is 2.27. The molecule has 0 spiro atoms. The molecule has 0 bridgehead atoms. The summed E-state index contributed by atoms with van der Waals surface area (Å²) in [7, 11) is 0. The van der Waals surface area contributed by atoms with Crippen molar-refractivity contribution in [1.29, 1.82) is 0 Å². The lowest BCUT2D eigenvalue weighted by Crippen LogP contribution is -2.66. The lowest BCUT2D eigenvalue weighted by molar-refractivity contribution is -0.324. The highest BCUT2D eigenvalue weighted by atomic mass is 16.7. The van der Waals surface area contributed by atoms with Crippen LogP contribution in [0.4, 0.5) is 0 Å². The van der Waals surface area contributed by atoms with Crippen molar-refractivity contribution in [3.05, 3.63) is 0 Å². The lowest BCUT2D eigenvalue weighted by Gasteiger charge is -2.44. The Morgan fingerprint density at radius 1 is 0.562 bits per heavy atom. The van der Waals surface area contributed by atoms with Gasteiger partial charge in [-0.3, -0.25) is 9.59 Å². The van der Waals surface area contributed by atoms with Crippen LogP contribution in [0.5, 0.6) is 0 Å². The van der Waals surface area contributed by atoms with E-state index in [1.54, 1.807) is 0 Å². The summed E-state index contributed by atoms with van der Waals surface area (Å²) in [6.07, 6.45) is -26.2. The molecule has 3 fully saturated rings. The summed E-state index contributed by atoms with van der Waals surface area (Å²) in [6, 6.07) is 0. The Hall–Kier alpha value is -1.78. The minimum Gasteiger partial charge on any atom is -0.394 e. The molecule has 0 aromatic heterocycles. The van der Waals surface area contributed by atoms with E-state index in [1.807, 2.05) is 0 Å². The summed E-state index contributed by atoms with van der Waals surface area (Å²) in [5, 5.41) is 126. The topological polar surface area (TPSA) is 356 Å². The molecule has 0 radical (unpaired) electrons. The van der Waals surface area contributed by atoms with E-state index in [9.17, 15) is 70.9 Å². The molecule has 15 atom stereocenters. The second-order valence-corrected chi connectivity index (χ2v) is 11.8. The molecule has 3 aliphatic rings. The molecule has 48 heavy (non-hydrogen) atoms. The number of nitrogens with one attached hydrogen (secondary N) is 2. The first-order valence-electron chi connectivity index (χ1n) is 14.9. The van der Waals surface area contributed by atoms with Crippen LogP contribution in [0.2, 0.25) is 0 Å². The first kappa shape index (κ1) is 40.6. The van der Waals surface area contributed by atoms with Crippen molar-refractivity contribution in [2.24, 2.45) is 0 Å². The van der Waals surface area contributed by atoms with Crippen molar-refractivity contribution in [2.75, 3.05) is 46.2 Å². The normalized spacial score (nSPS) is 41.7. The molecule has 2 amide bonds. The second kappa shape index (κ2) is 17.9. The third kappa shape index (κ3) is 9.71. The van der Waals surface area contributed by atoms with Gasteiger partial charge in [-0.2, -0.15) is 0 Å². The number of amides is 2. The zero-order valence-electron chi connectivity index (χ0n) is 25.7. The average molecular weight is 707 g/mol. The predicted molar refractivity (Wildman–Crippen MR) is 149 cm³/mol. The van der Waals surface area contributed by atoms with Crippen molar-refractivity contribution < 1.29 is 99.3 Å². The van der Waals surface area contributed by atoms with Gasteiger partial charge in [0.25, 0.3) is 0 Å². The molecular formula is C26H46N2O20. The Bertz CT molecular complexity index is 924. The summed E-state index contributed by atoms with van der Waals surface area (Å²) in [5.74, 6) is -1.54. The van der Waals surface area contributed by atoms with Crippen molar-refractivity contribution in [3.63, 3.8) is 0 Å². The number of hydrogen-bond donors (Lipinski definition) is 14. The summed E-state index contributed by atoms with van der Waals surface area (Å²) in [6.45, 7) is -4.48. The molecule has 22 heteroatoms. The number of carbonyl (C=O) groups is 2. The van der Waals surface area contributed by atoms with Gasteiger partial charge < -0.3 is 100 Å². The van der Waals surface area contributed by atoms with Crippen molar-refractivity contribution in [2.45, 2.75) is 105 Å². The molecule has 280 valence electrons. The third-order valence-electron chi connectivity index (χ3n) is 8.02. The van der Waals surface area contributed by atoms with E-state index in [-0.39, 0.29) is 0 Å². The zero-order chi connectivity index (χ0) is 35.9. The average Bonchev–Trinajstić information content (AvgIpc) is 3.06. The molecule has 3 heterocycles. The molecule has 14 N–H and O–H groups in total. The number of hydrogen-bond acceptors (Lipinski definition) is 20. The Morgan fingerprint density at radius 2 is 0.875 bits per heavy atom. The van der Waals surface area contributed by atoms with Gasteiger partial charge in [-0.15, -0.1) is 0 Å². The maximum absolute atomic E-state index is 13.0. The standard InChI is InChI=1S/C26H46N2O20/c1-9(32)27-2-13(33)28-26(6-43-23-20(40)17(37)14(34)10(3-29)46-23,7-44-24-21(41)18(38)15(35)11(4-30)47-24)8-45-25-22(42)19(39)16(36)12(5-31)48-25/h10-12,14-25,29-31,34-42H,2-8H2,1H3,(H,27,32)(H,28,33)/t10?,11?,12?,14-,15-,16-,17?,18?,19?,20?,21?,22?,23+,24+,25+,26?/m0/s1. The molecule has 3 saturated heterocycles. The summed E-state index contributed by atoms with van der Waals surface area (Å²) >= 11 is 0. The predicted octanol–water partition coefficient (Wildman–Crippen LogP) is -9.57. The van der Waals surface area contributed by atoms with Gasteiger partial charge in [-0.25, -0.2) is 0 Å². The minimum absolute atomic E-state index is 0.608. The first-order chi connectivity index (χ1) is 22.6. The van der Waals surface area contributed by atoms with Crippen LogP contribution in [0.3, 0.4) is 0 Å². The van der Waals surface area contributed by atoms with Crippen LogP contribution in [0.1, 0.15) is 6.92 Å².